The third kappa shape index (κ3) is 2.69. The molecule has 0 radical (unpaired) electrons. The predicted octanol–water partition coefficient (Wildman–Crippen LogP) is 3.50. The molecule has 0 bridgehead atoms. The largest absolute Gasteiger partial charge is 0.497 e. The number of nitrogens with one attached hydrogen (secondary N) is 3. The summed E-state index contributed by atoms with van der Waals surface area (Å²) >= 11 is 0. The van der Waals surface area contributed by atoms with Crippen molar-refractivity contribution in [1.82, 2.24) is 15.5 Å². The molecular weight excluding hydrogens is 328 g/mol. The summed E-state index contributed by atoms with van der Waals surface area (Å²) in [6.07, 6.45) is 2.25. The lowest BCUT2D eigenvalue weighted by Crippen LogP contribution is -2.39. The smallest absolute Gasteiger partial charge is 0.255 e. The van der Waals surface area contributed by atoms with Crippen LogP contribution in [0.2, 0.25) is 0 Å². The Morgan fingerprint density at radius 2 is 1.92 bits per heavy atom. The number of aryl methyl sites for hydroxylation is 1. The number of carbonyl (C=O) groups excluding carboxylic acids is 1. The second-order valence-electron chi connectivity index (χ2n) is 6.17. The zero-order valence-electron chi connectivity index (χ0n) is 14.7. The normalized spacial score (nSPS) is 15.8. The van der Waals surface area contributed by atoms with Gasteiger partial charge in [0.1, 0.15) is 11.9 Å². The number of anilines is 1. The summed E-state index contributed by atoms with van der Waals surface area (Å²) < 4.78 is 5.22. The zero-order chi connectivity index (χ0) is 18.1. The van der Waals surface area contributed by atoms with Crippen LogP contribution in [-0.4, -0.2) is 23.2 Å². The highest BCUT2D eigenvalue weighted by molar-refractivity contribution is 6.02. The Bertz CT molecular complexity index is 947. The van der Waals surface area contributed by atoms with Gasteiger partial charge in [-0.1, -0.05) is 19.1 Å². The number of hydrogen-bond acceptors (Lipinski definition) is 4. The van der Waals surface area contributed by atoms with Gasteiger partial charge in [-0.15, -0.1) is 0 Å². The fourth-order valence-electron chi connectivity index (χ4n) is 3.30. The van der Waals surface area contributed by atoms with E-state index in [0.29, 0.717) is 5.56 Å². The van der Waals surface area contributed by atoms with Crippen LogP contribution in [0.5, 0.6) is 5.75 Å². The number of hydrogen-bond donors (Lipinski definition) is 3. The molecule has 1 aromatic heterocycles. The number of aromatic amines is 1. The monoisotopic (exact) mass is 348 g/mol. The highest BCUT2D eigenvalue weighted by Gasteiger charge is 2.28. The Morgan fingerprint density at radius 3 is 2.65 bits per heavy atom. The molecule has 2 heterocycles. The average Bonchev–Trinajstić information content (AvgIpc) is 3.17. The summed E-state index contributed by atoms with van der Waals surface area (Å²) in [5.74, 6) is 0.710. The first-order valence-corrected chi connectivity index (χ1v) is 8.58. The van der Waals surface area contributed by atoms with Gasteiger partial charge in [-0.05, 0) is 42.3 Å². The first kappa shape index (κ1) is 16.2. The van der Waals surface area contributed by atoms with Gasteiger partial charge in [-0.3, -0.25) is 9.89 Å². The van der Waals surface area contributed by atoms with Crippen LogP contribution in [-0.2, 0) is 6.42 Å². The molecule has 0 aliphatic carbocycles. The number of ether oxygens (including phenoxy) is 1. The number of para-hydroxylation sites is 1. The van der Waals surface area contributed by atoms with Crippen molar-refractivity contribution in [3.8, 4) is 17.0 Å². The van der Waals surface area contributed by atoms with E-state index in [4.69, 9.17) is 4.74 Å². The molecule has 6 heteroatoms. The SMILES string of the molecule is CCc1cccc2c1NC(c1cn[nH]c1-c1ccc(OC)cc1)NC2=O. The molecule has 6 nitrogen and oxygen atoms in total. The molecule has 0 spiro atoms. The fraction of sp³-hybridized carbons (Fsp3) is 0.200. The summed E-state index contributed by atoms with van der Waals surface area (Å²) in [5, 5.41) is 13.7. The number of methoxy groups -OCH3 is 1. The maximum atomic E-state index is 12.6. The maximum Gasteiger partial charge on any atom is 0.255 e. The van der Waals surface area contributed by atoms with Crippen molar-refractivity contribution in [2.24, 2.45) is 0 Å². The van der Waals surface area contributed by atoms with Crippen molar-refractivity contribution in [3.05, 3.63) is 65.4 Å². The molecule has 1 unspecified atom stereocenters. The number of carbonyl (C=O) groups is 1. The first-order valence-electron chi connectivity index (χ1n) is 8.58. The Kier molecular flexibility index (Phi) is 4.08. The number of benzene rings is 2. The lowest BCUT2D eigenvalue weighted by molar-refractivity contribution is 0.0935. The van der Waals surface area contributed by atoms with Crippen molar-refractivity contribution in [2.75, 3.05) is 12.4 Å². The van der Waals surface area contributed by atoms with Gasteiger partial charge >= 0.3 is 0 Å². The number of rotatable bonds is 4. The third-order valence-electron chi connectivity index (χ3n) is 4.70. The molecule has 1 aliphatic heterocycles. The van der Waals surface area contributed by atoms with Gasteiger partial charge in [0.2, 0.25) is 0 Å². The summed E-state index contributed by atoms with van der Waals surface area (Å²) in [4.78, 5) is 12.6. The standard InChI is InChI=1S/C20H20N4O2/c1-3-12-5-4-6-15-17(12)22-19(23-20(15)25)16-11-21-24-18(16)13-7-9-14(26-2)10-8-13/h4-11,19,22H,3H2,1-2H3,(H,21,24)(H,23,25). The van der Waals surface area contributed by atoms with Crippen LogP contribution in [0, 0.1) is 0 Å². The Morgan fingerprint density at radius 1 is 1.12 bits per heavy atom. The van der Waals surface area contributed by atoms with Crippen LogP contribution in [0.3, 0.4) is 0 Å². The van der Waals surface area contributed by atoms with Crippen LogP contribution in [0.4, 0.5) is 5.69 Å². The zero-order valence-corrected chi connectivity index (χ0v) is 14.7. The van der Waals surface area contributed by atoms with Crippen molar-refractivity contribution in [3.63, 3.8) is 0 Å². The molecule has 1 aliphatic rings. The topological polar surface area (TPSA) is 79.0 Å². The van der Waals surface area contributed by atoms with Crippen LogP contribution in [0.25, 0.3) is 11.3 Å². The maximum absolute atomic E-state index is 12.6. The van der Waals surface area contributed by atoms with Gasteiger partial charge in [0.25, 0.3) is 5.91 Å². The summed E-state index contributed by atoms with van der Waals surface area (Å²) in [6.45, 7) is 2.08. The van der Waals surface area contributed by atoms with Crippen LogP contribution in [0.1, 0.15) is 34.6 Å². The highest BCUT2D eigenvalue weighted by Crippen LogP contribution is 2.33. The van der Waals surface area contributed by atoms with Crippen LogP contribution >= 0.6 is 0 Å². The lowest BCUT2D eigenvalue weighted by Gasteiger charge is -2.29. The van der Waals surface area contributed by atoms with E-state index in [2.05, 4.69) is 27.8 Å². The van der Waals surface area contributed by atoms with Crippen LogP contribution in [0.15, 0.2) is 48.7 Å². The van der Waals surface area contributed by atoms with Crippen molar-refractivity contribution in [2.45, 2.75) is 19.5 Å². The van der Waals surface area contributed by atoms with Gasteiger partial charge in [0.15, 0.2) is 0 Å². The Labute approximate surface area is 151 Å². The molecule has 132 valence electrons. The average molecular weight is 348 g/mol. The molecule has 0 saturated carbocycles. The minimum Gasteiger partial charge on any atom is -0.497 e. The van der Waals surface area contributed by atoms with Crippen molar-refractivity contribution >= 4 is 11.6 Å². The summed E-state index contributed by atoms with van der Waals surface area (Å²) in [7, 11) is 1.64. The van der Waals surface area contributed by atoms with Gasteiger partial charge in [-0.25, -0.2) is 0 Å². The second kappa shape index (κ2) is 6.55. The quantitative estimate of drug-likeness (QED) is 0.674. The van der Waals surface area contributed by atoms with E-state index >= 15 is 0 Å². The highest BCUT2D eigenvalue weighted by atomic mass is 16.5. The van der Waals surface area contributed by atoms with Crippen LogP contribution < -0.4 is 15.4 Å². The van der Waals surface area contributed by atoms with E-state index < -0.39 is 0 Å². The Balaban J connectivity index is 1.71. The lowest BCUT2D eigenvalue weighted by atomic mass is 9.99. The van der Waals surface area contributed by atoms with Gasteiger partial charge in [0, 0.05) is 11.1 Å². The number of fused-ring (bicyclic) bond motifs is 1. The molecule has 26 heavy (non-hydrogen) atoms. The van der Waals surface area contributed by atoms with Gasteiger partial charge in [-0.2, -0.15) is 5.10 Å². The predicted molar refractivity (Wildman–Crippen MR) is 100 cm³/mol. The van der Waals surface area contributed by atoms with Crippen molar-refractivity contribution in [1.29, 1.82) is 0 Å². The molecule has 3 N–H and O–H groups in total. The fourth-order valence-corrected chi connectivity index (χ4v) is 3.30. The van der Waals surface area contributed by atoms with Gasteiger partial charge in [0.05, 0.1) is 30.3 Å². The van der Waals surface area contributed by atoms with E-state index in [1.807, 2.05) is 42.5 Å². The van der Waals surface area contributed by atoms with E-state index in [-0.39, 0.29) is 12.1 Å². The van der Waals surface area contributed by atoms with E-state index in [9.17, 15) is 4.79 Å². The molecular formula is C20H20N4O2. The minimum atomic E-state index is -0.349. The second-order valence-corrected chi connectivity index (χ2v) is 6.17. The number of aromatic nitrogens is 2. The molecule has 4 rings (SSSR count). The first-order chi connectivity index (χ1) is 12.7. The third-order valence-corrected chi connectivity index (χ3v) is 4.70. The minimum absolute atomic E-state index is 0.0825. The number of amides is 1. The molecule has 1 amide bonds. The van der Waals surface area contributed by atoms with E-state index in [1.165, 1.54) is 0 Å². The summed E-state index contributed by atoms with van der Waals surface area (Å²) in [6, 6.07) is 13.5. The van der Waals surface area contributed by atoms with E-state index in [0.717, 1.165) is 40.2 Å². The van der Waals surface area contributed by atoms with Gasteiger partial charge < -0.3 is 15.4 Å². The summed E-state index contributed by atoms with van der Waals surface area (Å²) in [5.41, 5.74) is 5.42. The van der Waals surface area contributed by atoms with E-state index in [1.54, 1.807) is 13.3 Å². The molecule has 0 saturated heterocycles. The number of nitrogens with zero attached hydrogens (tertiary/aromatic N) is 1. The molecule has 3 aromatic rings. The molecule has 1 atom stereocenters. The molecule has 0 fully saturated rings. The molecule has 2 aromatic carbocycles. The number of H-pyrrole nitrogens is 1. The van der Waals surface area contributed by atoms with Crippen molar-refractivity contribution < 1.29 is 9.53 Å². The Hall–Kier alpha value is -3.28.